The second kappa shape index (κ2) is 10.8. The van der Waals surface area contributed by atoms with Gasteiger partial charge in [0.05, 0.1) is 10.7 Å². The molecule has 152 valence electrons. The van der Waals surface area contributed by atoms with E-state index in [2.05, 4.69) is 15.6 Å². The first-order chi connectivity index (χ1) is 12.4. The molecule has 0 saturated carbocycles. The predicted molar refractivity (Wildman–Crippen MR) is 116 cm³/mol. The molecule has 0 bridgehead atoms. The highest BCUT2D eigenvalue weighted by Crippen LogP contribution is 2.15. The van der Waals surface area contributed by atoms with Gasteiger partial charge in [-0.25, -0.2) is 12.7 Å². The van der Waals surface area contributed by atoms with E-state index in [4.69, 9.17) is 0 Å². The van der Waals surface area contributed by atoms with Crippen molar-refractivity contribution in [3.05, 3.63) is 39.9 Å². The Morgan fingerprint density at radius 2 is 2.04 bits per heavy atom. The van der Waals surface area contributed by atoms with Gasteiger partial charge in [-0.2, -0.15) is 0 Å². The monoisotopic (exact) mass is 511 g/mol. The summed E-state index contributed by atoms with van der Waals surface area (Å²) in [6, 6.07) is 6.56. The lowest BCUT2D eigenvalue weighted by Gasteiger charge is -2.32. The lowest BCUT2D eigenvalue weighted by molar-refractivity contribution is -0.384. The molecule has 2 rings (SSSR count). The van der Waals surface area contributed by atoms with Gasteiger partial charge in [-0.3, -0.25) is 15.1 Å². The molecule has 1 aromatic rings. The molecule has 0 amide bonds. The Hall–Kier alpha value is -1.47. The Bertz CT molecular complexity index is 764. The fourth-order valence-corrected chi connectivity index (χ4v) is 3.95. The second-order valence-electron chi connectivity index (χ2n) is 6.07. The van der Waals surface area contributed by atoms with Crippen LogP contribution in [-0.2, 0) is 16.6 Å². The van der Waals surface area contributed by atoms with E-state index in [9.17, 15) is 18.5 Å². The van der Waals surface area contributed by atoms with Crippen LogP contribution in [0.25, 0.3) is 0 Å². The molecule has 11 heteroatoms. The number of hydrogen-bond donors (Lipinski definition) is 2. The molecule has 1 aliphatic heterocycles. The molecule has 1 aromatic carbocycles. The van der Waals surface area contributed by atoms with E-state index in [1.807, 2.05) is 0 Å². The number of halogens is 1. The van der Waals surface area contributed by atoms with Crippen molar-refractivity contribution in [2.75, 3.05) is 25.9 Å². The van der Waals surface area contributed by atoms with E-state index in [-0.39, 0.29) is 41.5 Å². The van der Waals surface area contributed by atoms with Crippen LogP contribution in [0.1, 0.15) is 25.3 Å². The van der Waals surface area contributed by atoms with Gasteiger partial charge in [-0.15, -0.1) is 24.0 Å². The molecule has 0 aliphatic carbocycles. The van der Waals surface area contributed by atoms with Gasteiger partial charge in [0.25, 0.3) is 5.69 Å². The Kier molecular flexibility index (Phi) is 9.39. The number of hydrogen-bond acceptors (Lipinski definition) is 5. The van der Waals surface area contributed by atoms with Crippen LogP contribution in [-0.4, -0.2) is 55.5 Å². The number of nitrogens with one attached hydrogen (secondary N) is 2. The van der Waals surface area contributed by atoms with E-state index in [1.54, 1.807) is 26.1 Å². The molecule has 1 saturated heterocycles. The maximum atomic E-state index is 11.9. The van der Waals surface area contributed by atoms with Crippen LogP contribution < -0.4 is 10.6 Å². The number of benzene rings is 1. The summed E-state index contributed by atoms with van der Waals surface area (Å²) in [5, 5.41) is 17.3. The summed E-state index contributed by atoms with van der Waals surface area (Å²) in [7, 11) is -1.48. The summed E-state index contributed by atoms with van der Waals surface area (Å²) in [6.07, 6.45) is 1.41. The SMILES string of the molecule is CCS(=O)(=O)N1CCC(NC(=NC)NCc2cccc([N+](=O)[O-])c2)CC1.I. The van der Waals surface area contributed by atoms with E-state index < -0.39 is 14.9 Å². The average molecular weight is 511 g/mol. The summed E-state index contributed by atoms with van der Waals surface area (Å²) in [5.41, 5.74) is 0.836. The molecule has 0 unspecified atom stereocenters. The molecule has 2 N–H and O–H groups in total. The van der Waals surface area contributed by atoms with Crippen LogP contribution in [0, 0.1) is 10.1 Å². The fourth-order valence-electron chi connectivity index (χ4n) is 2.81. The zero-order valence-corrected chi connectivity index (χ0v) is 18.6. The van der Waals surface area contributed by atoms with Gasteiger partial charge in [-0.05, 0) is 25.3 Å². The highest BCUT2D eigenvalue weighted by atomic mass is 127. The maximum Gasteiger partial charge on any atom is 0.269 e. The molecule has 1 heterocycles. The van der Waals surface area contributed by atoms with Crippen LogP contribution in [0.2, 0.25) is 0 Å². The van der Waals surface area contributed by atoms with Crippen molar-refractivity contribution < 1.29 is 13.3 Å². The van der Waals surface area contributed by atoms with E-state index in [0.717, 1.165) is 5.56 Å². The molecular weight excluding hydrogens is 485 g/mol. The van der Waals surface area contributed by atoms with Crippen LogP contribution >= 0.6 is 24.0 Å². The smallest absolute Gasteiger partial charge is 0.269 e. The third kappa shape index (κ3) is 6.88. The van der Waals surface area contributed by atoms with Crippen molar-refractivity contribution in [3.63, 3.8) is 0 Å². The number of rotatable bonds is 6. The highest BCUT2D eigenvalue weighted by Gasteiger charge is 2.26. The van der Waals surface area contributed by atoms with Crippen molar-refractivity contribution in [2.45, 2.75) is 32.4 Å². The van der Waals surface area contributed by atoms with Crippen LogP contribution in [0.5, 0.6) is 0 Å². The topological polar surface area (TPSA) is 117 Å². The lowest BCUT2D eigenvalue weighted by Crippen LogP contribution is -2.49. The number of nitrogens with zero attached hydrogens (tertiary/aromatic N) is 3. The molecule has 1 aliphatic rings. The minimum atomic E-state index is -3.13. The normalized spacial score (nSPS) is 16.4. The van der Waals surface area contributed by atoms with Gasteiger partial charge in [-0.1, -0.05) is 12.1 Å². The molecule has 0 radical (unpaired) electrons. The van der Waals surface area contributed by atoms with Gasteiger partial charge >= 0.3 is 0 Å². The van der Waals surface area contributed by atoms with Crippen LogP contribution in [0.15, 0.2) is 29.3 Å². The third-order valence-corrected chi connectivity index (χ3v) is 6.24. The lowest BCUT2D eigenvalue weighted by atomic mass is 10.1. The summed E-state index contributed by atoms with van der Waals surface area (Å²) in [4.78, 5) is 14.6. The molecular formula is C16H26IN5O4S. The Balaban J connectivity index is 0.00000364. The van der Waals surface area contributed by atoms with Crippen LogP contribution in [0.4, 0.5) is 5.69 Å². The molecule has 9 nitrogen and oxygen atoms in total. The minimum Gasteiger partial charge on any atom is -0.354 e. The first-order valence-electron chi connectivity index (χ1n) is 8.54. The van der Waals surface area contributed by atoms with Crippen molar-refractivity contribution in [1.29, 1.82) is 0 Å². The number of guanidine groups is 1. The Morgan fingerprint density at radius 1 is 1.37 bits per heavy atom. The minimum absolute atomic E-state index is 0. The predicted octanol–water partition coefficient (Wildman–Crippen LogP) is 1.69. The molecule has 0 aromatic heterocycles. The molecule has 27 heavy (non-hydrogen) atoms. The first kappa shape index (κ1) is 23.6. The van der Waals surface area contributed by atoms with Crippen molar-refractivity contribution in [3.8, 4) is 0 Å². The van der Waals surface area contributed by atoms with E-state index >= 15 is 0 Å². The maximum absolute atomic E-state index is 11.9. The van der Waals surface area contributed by atoms with Crippen molar-refractivity contribution in [1.82, 2.24) is 14.9 Å². The van der Waals surface area contributed by atoms with E-state index in [1.165, 1.54) is 16.4 Å². The number of non-ortho nitro benzene ring substituents is 1. The fraction of sp³-hybridized carbons (Fsp3) is 0.562. The second-order valence-corrected chi connectivity index (χ2v) is 8.33. The van der Waals surface area contributed by atoms with Gasteiger partial charge in [0.15, 0.2) is 5.96 Å². The quantitative estimate of drug-likeness (QED) is 0.198. The largest absolute Gasteiger partial charge is 0.354 e. The van der Waals surface area contributed by atoms with Gasteiger partial charge < -0.3 is 10.6 Å². The Morgan fingerprint density at radius 3 is 2.59 bits per heavy atom. The molecule has 1 fully saturated rings. The van der Waals surface area contributed by atoms with E-state index in [0.29, 0.717) is 38.4 Å². The summed E-state index contributed by atoms with van der Waals surface area (Å²) < 4.78 is 25.3. The number of aliphatic imine (C=N–C) groups is 1. The van der Waals surface area contributed by atoms with Crippen molar-refractivity contribution >= 4 is 45.6 Å². The summed E-state index contributed by atoms with van der Waals surface area (Å²) in [5.74, 6) is 0.714. The van der Waals surface area contributed by atoms with Crippen molar-refractivity contribution in [2.24, 2.45) is 4.99 Å². The molecule has 0 spiro atoms. The number of sulfonamides is 1. The highest BCUT2D eigenvalue weighted by molar-refractivity contribution is 14.0. The number of nitro benzene ring substituents is 1. The third-order valence-electron chi connectivity index (χ3n) is 4.36. The zero-order chi connectivity index (χ0) is 19.2. The summed E-state index contributed by atoms with van der Waals surface area (Å²) >= 11 is 0. The first-order valence-corrected chi connectivity index (χ1v) is 10.1. The number of piperidine rings is 1. The van der Waals surface area contributed by atoms with Gasteiger partial charge in [0, 0.05) is 44.9 Å². The van der Waals surface area contributed by atoms with Gasteiger partial charge in [0.2, 0.25) is 10.0 Å². The molecule has 0 atom stereocenters. The average Bonchev–Trinajstić information content (AvgIpc) is 2.65. The van der Waals surface area contributed by atoms with Crippen LogP contribution in [0.3, 0.4) is 0 Å². The standard InChI is InChI=1S/C16H25N5O4S.HI/c1-3-26(24,25)20-9-7-14(8-10-20)19-16(17-2)18-12-13-5-4-6-15(11-13)21(22)23;/h4-6,11,14H,3,7-10,12H2,1-2H3,(H2,17,18,19);1H. The summed E-state index contributed by atoms with van der Waals surface area (Å²) in [6.45, 7) is 3.05. The van der Waals surface area contributed by atoms with Gasteiger partial charge in [0.1, 0.15) is 0 Å². The number of nitro groups is 1. The Labute approximate surface area is 176 Å². The zero-order valence-electron chi connectivity index (χ0n) is 15.4.